The number of fused-ring (bicyclic) bond motifs is 4. The third kappa shape index (κ3) is 18.9. The van der Waals surface area contributed by atoms with Gasteiger partial charge >= 0.3 is 0 Å². The summed E-state index contributed by atoms with van der Waals surface area (Å²) in [5.41, 5.74) is 13.3. The summed E-state index contributed by atoms with van der Waals surface area (Å²) in [6, 6.07) is 24.3. The number of piperidine rings is 1. The molecule has 30 heteroatoms. The van der Waals surface area contributed by atoms with E-state index in [0.717, 1.165) is 211 Å². The Kier molecular flexibility index (Phi) is 27.3. The topological polar surface area (TPSA) is 334 Å². The van der Waals surface area contributed by atoms with Crippen molar-refractivity contribution in [3.8, 4) is 68.5 Å². The van der Waals surface area contributed by atoms with Crippen LogP contribution in [-0.4, -0.2) is 206 Å². The van der Waals surface area contributed by atoms with Gasteiger partial charge in [0.2, 0.25) is 0 Å². The van der Waals surface area contributed by atoms with E-state index in [9.17, 15) is 24.3 Å². The minimum Gasteiger partial charge on any atom is -0.496 e. The van der Waals surface area contributed by atoms with Crippen LogP contribution in [0.3, 0.4) is 0 Å². The number of hydrogen-bond acceptors (Lipinski definition) is 22. The Morgan fingerprint density at radius 3 is 0.992 bits per heavy atom. The number of aromatic nitrogens is 16. The molecule has 0 unspecified atom stereocenters. The number of rotatable bonds is 18. The zero-order valence-electron chi connectivity index (χ0n) is 73.8. The lowest BCUT2D eigenvalue weighted by atomic mass is 9.86. The zero-order chi connectivity index (χ0) is 86.2. The molecule has 0 amide bonds. The summed E-state index contributed by atoms with van der Waals surface area (Å²) in [4.78, 5) is 93.1. The van der Waals surface area contributed by atoms with Gasteiger partial charge in [-0.2, -0.15) is 20.4 Å². The van der Waals surface area contributed by atoms with Gasteiger partial charge in [-0.25, -0.2) is 38.7 Å². The standard InChI is InChI=1S/C25H33N5O3.C24H32N6O2.C24H31N5O3.C21H26N4O2/c1-29-24-21(22(28-29)17-6-4-3-5-7-17)25(32)27-23(26-24)19-9-8-16(14-20(19)33-2)15-30-12-10-18(31)11-13-30;1-28-11-13-30(14-12-28)17-9-10-18(19(15-17)32-3)22-25-23-20(24(31)26-22)21(27-29(23)2)16-7-5-4-6-8-16;1-28-23-20(21(27-28)17-6-4-3-5-7-17)24(30)26-22(25-23)18-9-8-16(14-19(18)31-2)15-29-10-12-32-13-11-29;1-4-13-10-11-15(16(12-13)27-3)19-22-20-17(21(26)23-19)18(24-25(20)2)14-8-6-5-7-9-14/h8-9,14,17-18,31H,3-7,10-13,15H2,1-2H3,(H,26,27,32);9-10,15-16H,4-8,11-14H2,1-3H3,(H,25,26,31);8-9,14,17H,3-7,10-13,15H2,1-2H3,(H,25,26,30);10-12,14H,4-9H2,1-3H3,(H,22,23,26). The maximum Gasteiger partial charge on any atom is 0.262 e. The van der Waals surface area contributed by atoms with Crippen LogP contribution >= 0.6 is 0 Å². The molecule has 658 valence electrons. The maximum atomic E-state index is 13.2. The molecule has 3 saturated heterocycles. The molecule has 11 heterocycles. The molecule has 124 heavy (non-hydrogen) atoms. The van der Waals surface area contributed by atoms with E-state index in [2.05, 4.69) is 76.8 Å². The van der Waals surface area contributed by atoms with E-state index in [-0.39, 0.29) is 28.3 Å². The number of aryl methyl sites for hydroxylation is 5. The zero-order valence-corrected chi connectivity index (χ0v) is 73.8. The molecule has 0 atom stereocenters. The first-order chi connectivity index (χ1) is 60.3. The van der Waals surface area contributed by atoms with Crippen LogP contribution in [0.5, 0.6) is 23.0 Å². The van der Waals surface area contributed by atoms with E-state index in [1.165, 1.54) is 82.6 Å². The molecule has 12 aromatic rings. The van der Waals surface area contributed by atoms with E-state index in [1.807, 2.05) is 82.8 Å². The van der Waals surface area contributed by atoms with Crippen LogP contribution in [-0.2, 0) is 52.4 Å². The summed E-state index contributed by atoms with van der Waals surface area (Å²) in [7, 11) is 16.2. The average molecular weight is 1690 g/mol. The molecular formula is C94H122N20O10. The summed E-state index contributed by atoms with van der Waals surface area (Å²) in [6.07, 6.45) is 25.7. The molecule has 7 fully saturated rings. The molecule has 4 aliphatic carbocycles. The minimum absolute atomic E-state index is 0.120. The first-order valence-electron chi connectivity index (χ1n) is 45.1. The average Bonchev–Trinajstić information content (AvgIpc) is 1.61. The maximum absolute atomic E-state index is 13.2. The van der Waals surface area contributed by atoms with Crippen molar-refractivity contribution in [3.63, 3.8) is 0 Å². The van der Waals surface area contributed by atoms with E-state index in [0.29, 0.717) is 114 Å². The van der Waals surface area contributed by atoms with Crippen molar-refractivity contribution >= 4 is 49.8 Å². The molecule has 8 aromatic heterocycles. The lowest BCUT2D eigenvalue weighted by Crippen LogP contribution is -2.44. The van der Waals surface area contributed by atoms with Gasteiger partial charge in [0, 0.05) is 129 Å². The van der Waals surface area contributed by atoms with Crippen LogP contribution in [0.15, 0.2) is 92.0 Å². The smallest absolute Gasteiger partial charge is 0.262 e. The highest BCUT2D eigenvalue weighted by atomic mass is 16.5. The third-order valence-electron chi connectivity index (χ3n) is 26.6. The lowest BCUT2D eigenvalue weighted by molar-refractivity contribution is 0.0341. The molecule has 30 nitrogen and oxygen atoms in total. The van der Waals surface area contributed by atoms with E-state index < -0.39 is 0 Å². The molecule has 0 spiro atoms. The highest BCUT2D eigenvalue weighted by molar-refractivity contribution is 5.84. The molecular weight excluding hydrogens is 1570 g/mol. The third-order valence-corrected chi connectivity index (χ3v) is 26.6. The largest absolute Gasteiger partial charge is 0.496 e. The quantitative estimate of drug-likeness (QED) is 0.0533. The van der Waals surface area contributed by atoms with Gasteiger partial charge in [-0.05, 0) is 143 Å². The fourth-order valence-electron chi connectivity index (χ4n) is 19.6. The van der Waals surface area contributed by atoms with Crippen molar-refractivity contribution in [1.82, 2.24) is 93.7 Å². The van der Waals surface area contributed by atoms with Crippen LogP contribution < -0.4 is 46.1 Å². The van der Waals surface area contributed by atoms with Gasteiger partial charge in [-0.1, -0.05) is 102 Å². The number of morpholine rings is 1. The van der Waals surface area contributed by atoms with Crippen molar-refractivity contribution < 1.29 is 28.8 Å². The van der Waals surface area contributed by atoms with Crippen molar-refractivity contribution in [3.05, 3.63) is 154 Å². The molecule has 5 N–H and O–H groups in total. The van der Waals surface area contributed by atoms with Gasteiger partial charge in [-0.3, -0.25) is 29.0 Å². The van der Waals surface area contributed by atoms with Gasteiger partial charge in [-0.15, -0.1) is 0 Å². The first kappa shape index (κ1) is 86.6. The van der Waals surface area contributed by atoms with E-state index in [1.54, 1.807) is 47.2 Å². The second-order valence-corrected chi connectivity index (χ2v) is 34.9. The Morgan fingerprint density at radius 2 is 0.669 bits per heavy atom. The molecule has 7 aliphatic rings. The fourth-order valence-corrected chi connectivity index (χ4v) is 19.6. The summed E-state index contributed by atoms with van der Waals surface area (Å²) < 4.78 is 35.0. The van der Waals surface area contributed by atoms with Crippen LogP contribution in [0, 0.1) is 0 Å². The van der Waals surface area contributed by atoms with Crippen molar-refractivity contribution in [2.75, 3.05) is 106 Å². The van der Waals surface area contributed by atoms with Gasteiger partial charge in [0.15, 0.2) is 22.6 Å². The second-order valence-electron chi connectivity index (χ2n) is 34.9. The van der Waals surface area contributed by atoms with Crippen LogP contribution in [0.4, 0.5) is 5.69 Å². The Morgan fingerprint density at radius 1 is 0.371 bits per heavy atom. The highest BCUT2D eigenvalue weighted by Crippen LogP contribution is 2.42. The van der Waals surface area contributed by atoms with Gasteiger partial charge in [0.25, 0.3) is 22.2 Å². The fraction of sp³-hybridized carbons (Fsp3) is 0.532. The normalized spacial score (nSPS) is 17.8. The number of nitrogens with zero attached hydrogens (tertiary/aromatic N) is 16. The van der Waals surface area contributed by atoms with Crippen LogP contribution in [0.2, 0.25) is 0 Å². The summed E-state index contributed by atoms with van der Waals surface area (Å²) in [5.74, 6) is 6.22. The Hall–Kier alpha value is -10.9. The van der Waals surface area contributed by atoms with Crippen molar-refractivity contribution in [2.45, 2.75) is 197 Å². The SMILES string of the molecule is CCc1ccc(-c2nc3c(c(C4CCCCC4)nn3C)c(=O)[nH]2)c(OC)c1.COc1cc(CN2CCC(O)CC2)ccc1-c1nc2c(c(C3CCCCC3)nn2C)c(=O)[nH]1.COc1cc(CN2CCOCC2)ccc1-c1nc2c(c(C3CCCCC3)nn2C)c(=O)[nH]1.COc1cc(N2CCN(C)CC2)ccc1-c1nc2c(c(C3CCCCC3)nn2C)c(=O)[nH]1. The molecule has 4 aromatic carbocycles. The predicted octanol–water partition coefficient (Wildman–Crippen LogP) is 13.6. The van der Waals surface area contributed by atoms with E-state index >= 15 is 0 Å². The number of aliphatic hydroxyl groups excluding tert-OH is 1. The number of aromatic amines is 4. The Bertz CT molecular complexity index is 5990. The number of likely N-dealkylation sites (N-methyl/N-ethyl adjacent to an activating group) is 1. The summed E-state index contributed by atoms with van der Waals surface area (Å²) >= 11 is 0. The monoisotopic (exact) mass is 1690 g/mol. The molecule has 0 radical (unpaired) electrons. The van der Waals surface area contributed by atoms with Crippen LogP contribution in [0.25, 0.3) is 89.7 Å². The van der Waals surface area contributed by atoms with Gasteiger partial charge in [0.1, 0.15) is 67.8 Å². The molecule has 19 rings (SSSR count). The molecule has 4 saturated carbocycles. The van der Waals surface area contributed by atoms with Crippen molar-refractivity contribution in [2.24, 2.45) is 28.2 Å². The predicted molar refractivity (Wildman–Crippen MR) is 483 cm³/mol. The molecule has 0 bridgehead atoms. The number of methoxy groups -OCH3 is 4. The lowest BCUT2D eigenvalue weighted by Gasteiger charge is -2.34. The number of nitrogens with one attached hydrogen (secondary N) is 4. The number of aliphatic hydroxyl groups is 1. The second kappa shape index (κ2) is 39.1. The van der Waals surface area contributed by atoms with Gasteiger partial charge < -0.3 is 58.5 Å². The number of H-pyrrole nitrogens is 4. The highest BCUT2D eigenvalue weighted by Gasteiger charge is 2.32. The first-order valence-corrected chi connectivity index (χ1v) is 45.1. The van der Waals surface area contributed by atoms with Crippen molar-refractivity contribution in [1.29, 1.82) is 0 Å². The number of anilines is 1. The summed E-state index contributed by atoms with van der Waals surface area (Å²) in [5, 5.41) is 31.1. The number of ether oxygens (including phenoxy) is 5. The van der Waals surface area contributed by atoms with Gasteiger partial charge in [0.05, 0.1) is 92.8 Å². The summed E-state index contributed by atoms with van der Waals surface area (Å²) in [6.45, 7) is 13.0. The minimum atomic E-state index is -0.179. The Balaban J connectivity index is 0.000000123. The number of piperazine rings is 1. The van der Waals surface area contributed by atoms with E-state index in [4.69, 9.17) is 58.9 Å². The number of hydrogen-bond donors (Lipinski definition) is 5. The molecule has 3 aliphatic heterocycles. The number of benzene rings is 4. The number of likely N-dealkylation sites (tertiary alicyclic amines) is 1. The van der Waals surface area contributed by atoms with Crippen LogP contribution in [0.1, 0.15) is 211 Å². The Labute approximate surface area is 722 Å².